The molecule has 21 heavy (non-hydrogen) atoms. The maximum Gasteiger partial charge on any atom is 0.313 e. The van der Waals surface area contributed by atoms with Crippen molar-refractivity contribution < 1.29 is 9.59 Å². The Kier molecular flexibility index (Phi) is 5.24. The van der Waals surface area contributed by atoms with Gasteiger partial charge in [-0.15, -0.1) is 0 Å². The van der Waals surface area contributed by atoms with E-state index in [-0.39, 0.29) is 12.1 Å². The summed E-state index contributed by atoms with van der Waals surface area (Å²) in [5.74, 6) is -0.965. The molecule has 4 nitrogen and oxygen atoms in total. The Bertz CT molecular complexity index is 549. The highest BCUT2D eigenvalue weighted by atomic mass is 127. The van der Waals surface area contributed by atoms with Crippen molar-refractivity contribution in [3.63, 3.8) is 0 Å². The molecule has 1 saturated heterocycles. The fourth-order valence-corrected chi connectivity index (χ4v) is 3.53. The van der Waals surface area contributed by atoms with Crippen molar-refractivity contribution in [1.82, 2.24) is 4.90 Å². The zero-order chi connectivity index (χ0) is 15.6. The molecule has 0 radical (unpaired) electrons. The minimum Gasteiger partial charge on any atom is -0.329 e. The smallest absolute Gasteiger partial charge is 0.313 e. The number of amides is 2. The fourth-order valence-electron chi connectivity index (χ4n) is 2.88. The summed E-state index contributed by atoms with van der Waals surface area (Å²) in [6.07, 6.45) is 3.04. The van der Waals surface area contributed by atoms with Crippen LogP contribution in [0.2, 0.25) is 0 Å². The molecule has 0 bridgehead atoms. The van der Waals surface area contributed by atoms with E-state index < -0.39 is 11.8 Å². The molecule has 5 heteroatoms. The second kappa shape index (κ2) is 6.77. The Morgan fingerprint density at radius 2 is 1.86 bits per heavy atom. The first-order valence-electron chi connectivity index (χ1n) is 7.30. The van der Waals surface area contributed by atoms with E-state index in [2.05, 4.69) is 27.9 Å². The molecular formula is C16H21IN2O2. The Morgan fingerprint density at radius 1 is 1.24 bits per heavy atom. The van der Waals surface area contributed by atoms with Crippen molar-refractivity contribution in [3.05, 3.63) is 27.3 Å². The normalized spacial score (nSPS) is 22.0. The lowest BCUT2D eigenvalue weighted by molar-refractivity contribution is -0.147. The average Bonchev–Trinajstić information content (AvgIpc) is 2.41. The number of hydrogen-bond donors (Lipinski definition) is 1. The van der Waals surface area contributed by atoms with Gasteiger partial charge in [0.25, 0.3) is 0 Å². The van der Waals surface area contributed by atoms with Crippen LogP contribution in [-0.4, -0.2) is 28.8 Å². The number of nitrogens with zero attached hydrogens (tertiary/aromatic N) is 1. The molecule has 2 atom stereocenters. The van der Waals surface area contributed by atoms with Crippen molar-refractivity contribution in [3.8, 4) is 0 Å². The number of piperidine rings is 1. The van der Waals surface area contributed by atoms with Gasteiger partial charge >= 0.3 is 11.8 Å². The predicted molar refractivity (Wildman–Crippen MR) is 92.1 cm³/mol. The summed E-state index contributed by atoms with van der Waals surface area (Å²) in [4.78, 5) is 26.4. The largest absolute Gasteiger partial charge is 0.329 e. The predicted octanol–water partition coefficient (Wildman–Crippen LogP) is 3.33. The second-order valence-electron chi connectivity index (χ2n) is 5.75. The molecule has 0 saturated carbocycles. The van der Waals surface area contributed by atoms with Gasteiger partial charge < -0.3 is 10.2 Å². The van der Waals surface area contributed by atoms with Crippen LogP contribution in [-0.2, 0) is 9.59 Å². The van der Waals surface area contributed by atoms with E-state index in [1.807, 2.05) is 39.0 Å². The van der Waals surface area contributed by atoms with Gasteiger partial charge in [-0.3, -0.25) is 9.59 Å². The van der Waals surface area contributed by atoms with Crippen molar-refractivity contribution in [2.24, 2.45) is 0 Å². The van der Waals surface area contributed by atoms with Crippen molar-refractivity contribution in [2.45, 2.75) is 52.1 Å². The summed E-state index contributed by atoms with van der Waals surface area (Å²) in [7, 11) is 0. The van der Waals surface area contributed by atoms with Gasteiger partial charge in [0.15, 0.2) is 0 Å². The third kappa shape index (κ3) is 3.75. The number of benzene rings is 1. The van der Waals surface area contributed by atoms with Crippen molar-refractivity contribution >= 4 is 40.1 Å². The first kappa shape index (κ1) is 16.3. The molecule has 1 fully saturated rings. The lowest BCUT2D eigenvalue weighted by atomic mass is 9.97. The molecule has 1 heterocycles. The Hall–Kier alpha value is -1.11. The molecule has 1 aromatic rings. The van der Waals surface area contributed by atoms with E-state index in [0.29, 0.717) is 5.69 Å². The van der Waals surface area contributed by atoms with Crippen LogP contribution in [0.1, 0.15) is 38.7 Å². The van der Waals surface area contributed by atoms with Crippen LogP contribution < -0.4 is 5.32 Å². The minimum atomic E-state index is -0.542. The van der Waals surface area contributed by atoms with Crippen molar-refractivity contribution in [1.29, 1.82) is 0 Å². The standard InChI is InChI=1S/C16H21IN2O2/c1-10-9-13(17)7-8-14(10)18-15(20)16(21)19-11(2)5-4-6-12(19)3/h7-9,11-12H,4-6H2,1-3H3,(H,18,20). The lowest BCUT2D eigenvalue weighted by Gasteiger charge is -2.38. The first-order chi connectivity index (χ1) is 9.90. The van der Waals surface area contributed by atoms with E-state index in [4.69, 9.17) is 0 Å². The van der Waals surface area contributed by atoms with Gasteiger partial charge in [-0.05, 0) is 86.4 Å². The van der Waals surface area contributed by atoms with Crippen LogP contribution in [0.3, 0.4) is 0 Å². The molecule has 1 aliphatic heterocycles. The molecule has 2 amide bonds. The Morgan fingerprint density at radius 3 is 2.43 bits per heavy atom. The van der Waals surface area contributed by atoms with Gasteiger partial charge in [0, 0.05) is 21.3 Å². The number of carbonyl (C=O) groups excluding carboxylic acids is 2. The monoisotopic (exact) mass is 400 g/mol. The molecule has 1 N–H and O–H groups in total. The molecule has 114 valence electrons. The van der Waals surface area contributed by atoms with Crippen molar-refractivity contribution in [2.75, 3.05) is 5.32 Å². The van der Waals surface area contributed by atoms with Gasteiger partial charge in [-0.25, -0.2) is 0 Å². The molecule has 0 aromatic heterocycles. The molecule has 2 rings (SSSR count). The Labute approximate surface area is 139 Å². The third-order valence-corrected chi connectivity index (χ3v) is 4.73. The number of halogens is 1. The highest BCUT2D eigenvalue weighted by molar-refractivity contribution is 14.1. The van der Waals surface area contributed by atoms with Gasteiger partial charge in [0.05, 0.1) is 0 Å². The molecule has 1 aliphatic rings. The van der Waals surface area contributed by atoms with Crippen LogP contribution in [0.15, 0.2) is 18.2 Å². The summed E-state index contributed by atoms with van der Waals surface area (Å²) < 4.78 is 1.10. The highest BCUT2D eigenvalue weighted by Gasteiger charge is 2.32. The number of hydrogen-bond acceptors (Lipinski definition) is 2. The quantitative estimate of drug-likeness (QED) is 0.581. The second-order valence-corrected chi connectivity index (χ2v) is 7.00. The molecule has 0 spiro atoms. The number of aryl methyl sites for hydroxylation is 1. The van der Waals surface area contributed by atoms with E-state index in [9.17, 15) is 9.59 Å². The van der Waals surface area contributed by atoms with E-state index in [1.165, 1.54) is 0 Å². The first-order valence-corrected chi connectivity index (χ1v) is 8.38. The minimum absolute atomic E-state index is 0.129. The molecular weight excluding hydrogens is 379 g/mol. The van der Waals surface area contributed by atoms with Crippen LogP contribution in [0.25, 0.3) is 0 Å². The summed E-state index contributed by atoms with van der Waals surface area (Å²) in [5.41, 5.74) is 1.66. The number of rotatable bonds is 1. The number of anilines is 1. The SMILES string of the molecule is Cc1cc(I)ccc1NC(=O)C(=O)N1C(C)CCCC1C. The summed E-state index contributed by atoms with van der Waals surface area (Å²) in [6.45, 7) is 5.95. The van der Waals surface area contributed by atoms with Gasteiger partial charge in [0.1, 0.15) is 0 Å². The van der Waals surface area contributed by atoms with Crippen LogP contribution in [0.4, 0.5) is 5.69 Å². The zero-order valence-electron chi connectivity index (χ0n) is 12.6. The number of likely N-dealkylation sites (tertiary alicyclic amines) is 1. The van der Waals surface area contributed by atoms with E-state index in [1.54, 1.807) is 4.90 Å². The Balaban J connectivity index is 2.10. The molecule has 0 aliphatic carbocycles. The van der Waals surface area contributed by atoms with Gasteiger partial charge in [-0.2, -0.15) is 0 Å². The van der Waals surface area contributed by atoms with Crippen LogP contribution in [0.5, 0.6) is 0 Å². The topological polar surface area (TPSA) is 49.4 Å². The summed E-state index contributed by atoms with van der Waals surface area (Å²) in [5, 5.41) is 2.74. The third-order valence-electron chi connectivity index (χ3n) is 4.06. The lowest BCUT2D eigenvalue weighted by Crippen LogP contribution is -2.51. The fraction of sp³-hybridized carbons (Fsp3) is 0.500. The van der Waals surface area contributed by atoms with Crippen LogP contribution >= 0.6 is 22.6 Å². The number of carbonyl (C=O) groups is 2. The molecule has 1 aromatic carbocycles. The average molecular weight is 400 g/mol. The van der Waals surface area contributed by atoms with E-state index >= 15 is 0 Å². The van der Waals surface area contributed by atoms with Gasteiger partial charge in [0.2, 0.25) is 0 Å². The summed E-state index contributed by atoms with van der Waals surface area (Å²) >= 11 is 2.22. The highest BCUT2D eigenvalue weighted by Crippen LogP contribution is 2.23. The number of nitrogens with one attached hydrogen (secondary N) is 1. The molecule has 2 unspecified atom stereocenters. The maximum atomic E-state index is 12.4. The van der Waals surface area contributed by atoms with Gasteiger partial charge in [-0.1, -0.05) is 0 Å². The zero-order valence-corrected chi connectivity index (χ0v) is 14.8. The maximum absolute atomic E-state index is 12.4. The summed E-state index contributed by atoms with van der Waals surface area (Å²) in [6, 6.07) is 5.99. The van der Waals surface area contributed by atoms with Crippen LogP contribution in [0, 0.1) is 10.5 Å². The van der Waals surface area contributed by atoms with E-state index in [0.717, 1.165) is 28.4 Å².